The van der Waals surface area contributed by atoms with Gasteiger partial charge in [0.05, 0.1) is 32.4 Å². The second kappa shape index (κ2) is 6.52. The quantitative estimate of drug-likeness (QED) is 0.760. The largest absolute Gasteiger partial charge is 0.465 e. The minimum Gasteiger partial charge on any atom is -0.465 e. The van der Waals surface area contributed by atoms with Gasteiger partial charge in [0, 0.05) is 6.54 Å². The maximum absolute atomic E-state index is 11.6. The van der Waals surface area contributed by atoms with E-state index in [-0.39, 0.29) is 12.0 Å². The molecule has 1 fully saturated rings. The summed E-state index contributed by atoms with van der Waals surface area (Å²) in [6.07, 6.45) is 0. The van der Waals surface area contributed by atoms with Crippen molar-refractivity contribution in [2.24, 2.45) is 0 Å². The molecule has 18 heavy (non-hydrogen) atoms. The maximum atomic E-state index is 11.6. The van der Waals surface area contributed by atoms with E-state index in [1.165, 1.54) is 5.56 Å². The van der Waals surface area contributed by atoms with Gasteiger partial charge in [-0.3, -0.25) is 9.69 Å². The molecule has 0 spiro atoms. The molecule has 0 saturated carbocycles. The molecule has 0 aliphatic carbocycles. The molecule has 4 heteroatoms. The van der Waals surface area contributed by atoms with Gasteiger partial charge in [0.1, 0.15) is 0 Å². The molecule has 0 radical (unpaired) electrons. The van der Waals surface area contributed by atoms with Crippen LogP contribution in [0.5, 0.6) is 0 Å². The molecule has 1 aromatic rings. The van der Waals surface area contributed by atoms with Crippen molar-refractivity contribution in [2.75, 3.05) is 32.9 Å². The molecular weight excluding hydrogens is 230 g/mol. The Morgan fingerprint density at radius 3 is 2.94 bits per heavy atom. The minimum absolute atomic E-state index is 0.143. The highest BCUT2D eigenvalue weighted by atomic mass is 16.5. The average Bonchev–Trinajstić information content (AvgIpc) is 2.40. The van der Waals surface area contributed by atoms with Crippen LogP contribution >= 0.6 is 0 Å². The van der Waals surface area contributed by atoms with Crippen LogP contribution in [0, 0.1) is 0 Å². The van der Waals surface area contributed by atoms with E-state index in [4.69, 9.17) is 9.47 Å². The molecule has 0 bridgehead atoms. The van der Waals surface area contributed by atoms with Gasteiger partial charge in [-0.25, -0.2) is 0 Å². The van der Waals surface area contributed by atoms with E-state index in [0.717, 1.165) is 6.54 Å². The first kappa shape index (κ1) is 13.1. The smallest absolute Gasteiger partial charge is 0.320 e. The van der Waals surface area contributed by atoms with E-state index >= 15 is 0 Å². The Balaban J connectivity index is 2.04. The van der Waals surface area contributed by atoms with E-state index in [9.17, 15) is 4.79 Å². The van der Waals surface area contributed by atoms with Gasteiger partial charge in [-0.15, -0.1) is 0 Å². The summed E-state index contributed by atoms with van der Waals surface area (Å²) in [5.74, 6) is -0.166. The number of hydrogen-bond acceptors (Lipinski definition) is 4. The van der Waals surface area contributed by atoms with Gasteiger partial charge in [0.15, 0.2) is 0 Å². The van der Waals surface area contributed by atoms with Crippen molar-refractivity contribution in [3.8, 4) is 0 Å². The number of ether oxygens (including phenoxy) is 2. The molecule has 1 saturated heterocycles. The molecule has 98 valence electrons. The van der Waals surface area contributed by atoms with Gasteiger partial charge < -0.3 is 9.47 Å². The predicted octanol–water partition coefficient (Wildman–Crippen LogP) is 1.62. The van der Waals surface area contributed by atoms with Crippen LogP contribution in [0.3, 0.4) is 0 Å². The van der Waals surface area contributed by atoms with Crippen molar-refractivity contribution in [3.63, 3.8) is 0 Å². The lowest BCUT2D eigenvalue weighted by molar-refractivity contribution is -0.146. The van der Waals surface area contributed by atoms with E-state index in [2.05, 4.69) is 17.0 Å². The monoisotopic (exact) mass is 249 g/mol. The third kappa shape index (κ3) is 3.31. The first-order valence-electron chi connectivity index (χ1n) is 6.33. The van der Waals surface area contributed by atoms with E-state index in [0.29, 0.717) is 26.4 Å². The minimum atomic E-state index is -0.166. The molecule has 1 aliphatic rings. The third-order valence-corrected chi connectivity index (χ3v) is 3.06. The Morgan fingerprint density at radius 2 is 2.22 bits per heavy atom. The molecule has 1 aliphatic heterocycles. The van der Waals surface area contributed by atoms with Crippen LogP contribution in [0.15, 0.2) is 30.3 Å². The van der Waals surface area contributed by atoms with Crippen LogP contribution in [0.2, 0.25) is 0 Å². The average molecular weight is 249 g/mol. The predicted molar refractivity (Wildman–Crippen MR) is 68.2 cm³/mol. The fourth-order valence-electron chi connectivity index (χ4n) is 2.18. The summed E-state index contributed by atoms with van der Waals surface area (Å²) in [5, 5.41) is 0. The summed E-state index contributed by atoms with van der Waals surface area (Å²) in [4.78, 5) is 13.7. The van der Waals surface area contributed by atoms with Gasteiger partial charge >= 0.3 is 5.97 Å². The van der Waals surface area contributed by atoms with Gasteiger partial charge in [-0.05, 0) is 12.5 Å². The molecule has 1 aromatic carbocycles. The zero-order chi connectivity index (χ0) is 12.8. The lowest BCUT2D eigenvalue weighted by Gasteiger charge is -2.35. The Morgan fingerprint density at radius 1 is 1.44 bits per heavy atom. The summed E-state index contributed by atoms with van der Waals surface area (Å²) in [6, 6.07) is 10.3. The Kier molecular flexibility index (Phi) is 4.73. The van der Waals surface area contributed by atoms with Crippen LogP contribution in [-0.2, 0) is 14.3 Å². The lowest BCUT2D eigenvalue weighted by atomic mass is 10.1. The topological polar surface area (TPSA) is 38.8 Å². The summed E-state index contributed by atoms with van der Waals surface area (Å²) in [6.45, 7) is 4.65. The summed E-state index contributed by atoms with van der Waals surface area (Å²) < 4.78 is 10.5. The first-order valence-corrected chi connectivity index (χ1v) is 6.33. The zero-order valence-corrected chi connectivity index (χ0v) is 10.7. The number of benzene rings is 1. The Labute approximate surface area is 107 Å². The summed E-state index contributed by atoms with van der Waals surface area (Å²) in [5.41, 5.74) is 1.18. The van der Waals surface area contributed by atoms with E-state index in [1.54, 1.807) is 0 Å². The Hall–Kier alpha value is -1.39. The zero-order valence-electron chi connectivity index (χ0n) is 10.7. The first-order chi connectivity index (χ1) is 8.81. The number of rotatable bonds is 4. The Bertz CT molecular complexity index is 380. The van der Waals surface area contributed by atoms with Gasteiger partial charge in [0.2, 0.25) is 0 Å². The highest BCUT2D eigenvalue weighted by Gasteiger charge is 2.26. The molecule has 0 amide bonds. The van der Waals surface area contributed by atoms with Crippen LogP contribution in [0.1, 0.15) is 18.5 Å². The van der Waals surface area contributed by atoms with Crippen molar-refractivity contribution in [1.82, 2.24) is 4.90 Å². The number of nitrogens with zero attached hydrogens (tertiary/aromatic N) is 1. The van der Waals surface area contributed by atoms with Gasteiger partial charge in [0.25, 0.3) is 0 Å². The number of carbonyl (C=O) groups is 1. The summed E-state index contributed by atoms with van der Waals surface area (Å²) >= 11 is 0. The maximum Gasteiger partial charge on any atom is 0.320 e. The molecule has 4 nitrogen and oxygen atoms in total. The molecule has 0 unspecified atom stereocenters. The molecular formula is C14H19NO3. The van der Waals surface area contributed by atoms with Crippen molar-refractivity contribution in [3.05, 3.63) is 35.9 Å². The molecule has 1 heterocycles. The number of hydrogen-bond donors (Lipinski definition) is 0. The van der Waals surface area contributed by atoms with Gasteiger partial charge in [-0.1, -0.05) is 30.3 Å². The fourth-order valence-corrected chi connectivity index (χ4v) is 2.18. The number of morpholine rings is 1. The fraction of sp³-hybridized carbons (Fsp3) is 0.500. The standard InChI is InChI=1S/C14H19NO3/c1-2-18-14(16)10-15-8-9-17-11-13(15)12-6-4-3-5-7-12/h3-7,13H,2,8-11H2,1H3/t13-/m1/s1. The van der Waals surface area contributed by atoms with Crippen LogP contribution < -0.4 is 0 Å². The van der Waals surface area contributed by atoms with Crippen LogP contribution in [-0.4, -0.2) is 43.8 Å². The van der Waals surface area contributed by atoms with Crippen molar-refractivity contribution in [2.45, 2.75) is 13.0 Å². The molecule has 0 aromatic heterocycles. The van der Waals surface area contributed by atoms with Crippen molar-refractivity contribution in [1.29, 1.82) is 0 Å². The van der Waals surface area contributed by atoms with Crippen molar-refractivity contribution >= 4 is 5.97 Å². The number of esters is 1. The van der Waals surface area contributed by atoms with E-state index in [1.807, 2.05) is 25.1 Å². The van der Waals surface area contributed by atoms with Gasteiger partial charge in [-0.2, -0.15) is 0 Å². The lowest BCUT2D eigenvalue weighted by Crippen LogP contribution is -2.42. The highest BCUT2D eigenvalue weighted by molar-refractivity contribution is 5.71. The third-order valence-electron chi connectivity index (χ3n) is 3.06. The molecule has 1 atom stereocenters. The second-order valence-corrected chi connectivity index (χ2v) is 4.28. The molecule has 2 rings (SSSR count). The summed E-state index contributed by atoms with van der Waals surface area (Å²) in [7, 11) is 0. The normalized spacial score (nSPS) is 20.6. The second-order valence-electron chi connectivity index (χ2n) is 4.28. The molecule has 0 N–H and O–H groups in total. The highest BCUT2D eigenvalue weighted by Crippen LogP contribution is 2.23. The number of carbonyl (C=O) groups excluding carboxylic acids is 1. The SMILES string of the molecule is CCOC(=O)CN1CCOC[C@@H]1c1ccccc1. The van der Waals surface area contributed by atoms with Crippen LogP contribution in [0.25, 0.3) is 0 Å². The van der Waals surface area contributed by atoms with E-state index < -0.39 is 0 Å². The van der Waals surface area contributed by atoms with Crippen molar-refractivity contribution < 1.29 is 14.3 Å². The van der Waals surface area contributed by atoms with Crippen LogP contribution in [0.4, 0.5) is 0 Å².